The minimum absolute atomic E-state index is 0.0624. The maximum absolute atomic E-state index is 11.6. The Labute approximate surface area is 106 Å². The third-order valence-corrected chi connectivity index (χ3v) is 3.47. The van der Waals surface area contributed by atoms with Gasteiger partial charge in [0.2, 0.25) is 0 Å². The lowest BCUT2D eigenvalue weighted by molar-refractivity contribution is -0.135. The quantitative estimate of drug-likeness (QED) is 0.429. The van der Waals surface area contributed by atoms with Crippen LogP contribution in [0.15, 0.2) is 48.6 Å². The van der Waals surface area contributed by atoms with E-state index < -0.39 is 0 Å². The monoisotopic (exact) mass is 238 g/mol. The fraction of sp³-hybridized carbons (Fsp3) is 0.188. The van der Waals surface area contributed by atoms with Crippen LogP contribution in [0, 0.1) is 0 Å². The van der Waals surface area contributed by atoms with Crippen molar-refractivity contribution in [3.8, 4) is 5.75 Å². The van der Waals surface area contributed by atoms with E-state index in [2.05, 4.69) is 18.7 Å². The Kier molecular flexibility index (Phi) is 2.44. The minimum atomic E-state index is -0.175. The van der Waals surface area contributed by atoms with E-state index in [0.717, 1.165) is 16.5 Å². The zero-order valence-electron chi connectivity index (χ0n) is 10.3. The zero-order chi connectivity index (χ0) is 12.7. The second-order valence-electron chi connectivity index (χ2n) is 4.78. The molecule has 0 amide bonds. The van der Waals surface area contributed by atoms with Gasteiger partial charge in [0.25, 0.3) is 0 Å². The molecule has 0 N–H and O–H groups in total. The number of benzene rings is 2. The summed E-state index contributed by atoms with van der Waals surface area (Å²) in [7, 11) is 0. The van der Waals surface area contributed by atoms with Crippen LogP contribution in [-0.4, -0.2) is 5.97 Å². The number of rotatable bonds is 1. The summed E-state index contributed by atoms with van der Waals surface area (Å²) in [4.78, 5) is 11.6. The number of carbonyl (C=O) groups excluding carboxylic acids is 1. The Balaban J connectivity index is 2.32. The maximum atomic E-state index is 11.6. The molecule has 18 heavy (non-hydrogen) atoms. The van der Waals surface area contributed by atoms with Crippen molar-refractivity contribution in [3.63, 3.8) is 0 Å². The van der Waals surface area contributed by atoms with Crippen LogP contribution in [0.25, 0.3) is 10.8 Å². The molecule has 2 heteroatoms. The van der Waals surface area contributed by atoms with E-state index in [-0.39, 0.29) is 11.9 Å². The highest BCUT2D eigenvalue weighted by Crippen LogP contribution is 2.42. The molecule has 1 unspecified atom stereocenters. The molecular weight excluding hydrogens is 224 g/mol. The summed E-state index contributed by atoms with van der Waals surface area (Å²) in [6.07, 6.45) is 0.385. The average Bonchev–Trinajstić information content (AvgIpc) is 2.37. The van der Waals surface area contributed by atoms with Crippen molar-refractivity contribution < 1.29 is 9.53 Å². The lowest BCUT2D eigenvalue weighted by Crippen LogP contribution is -2.21. The predicted molar refractivity (Wildman–Crippen MR) is 71.8 cm³/mol. The molecule has 0 aromatic heterocycles. The van der Waals surface area contributed by atoms with Gasteiger partial charge in [0.1, 0.15) is 5.75 Å². The van der Waals surface area contributed by atoms with Crippen molar-refractivity contribution in [1.82, 2.24) is 0 Å². The van der Waals surface area contributed by atoms with Crippen molar-refractivity contribution in [2.24, 2.45) is 0 Å². The molecule has 1 heterocycles. The zero-order valence-corrected chi connectivity index (χ0v) is 10.3. The van der Waals surface area contributed by atoms with Gasteiger partial charge in [-0.3, -0.25) is 4.79 Å². The lowest BCUT2D eigenvalue weighted by Gasteiger charge is -2.26. The molecule has 0 fully saturated rings. The smallest absolute Gasteiger partial charge is 0.312 e. The first-order chi connectivity index (χ1) is 8.66. The summed E-state index contributed by atoms with van der Waals surface area (Å²) in [6, 6.07) is 12.0. The molecular formula is C16H14O2. The maximum Gasteiger partial charge on any atom is 0.312 e. The van der Waals surface area contributed by atoms with Crippen molar-refractivity contribution >= 4 is 16.7 Å². The number of carbonyl (C=O) groups is 1. The first-order valence-electron chi connectivity index (χ1n) is 6.04. The van der Waals surface area contributed by atoms with Crippen LogP contribution in [0.1, 0.15) is 24.8 Å². The molecule has 1 aliphatic heterocycles. The van der Waals surface area contributed by atoms with Gasteiger partial charge in [-0.15, -0.1) is 0 Å². The Bertz CT molecular complexity index is 655. The van der Waals surface area contributed by atoms with E-state index in [1.165, 1.54) is 5.39 Å². The molecule has 0 bridgehead atoms. The molecule has 0 saturated heterocycles. The van der Waals surface area contributed by atoms with Gasteiger partial charge < -0.3 is 4.74 Å². The van der Waals surface area contributed by atoms with Crippen molar-refractivity contribution in [1.29, 1.82) is 0 Å². The van der Waals surface area contributed by atoms with Crippen LogP contribution in [0.4, 0.5) is 0 Å². The fourth-order valence-corrected chi connectivity index (χ4v) is 2.58. The van der Waals surface area contributed by atoms with E-state index in [1.54, 1.807) is 0 Å². The van der Waals surface area contributed by atoms with E-state index in [4.69, 9.17) is 4.74 Å². The molecule has 90 valence electrons. The number of allylic oxidation sites excluding steroid dienone is 1. The number of ether oxygens (including phenoxy) is 1. The normalized spacial score (nSPS) is 18.3. The second-order valence-corrected chi connectivity index (χ2v) is 4.78. The van der Waals surface area contributed by atoms with E-state index in [9.17, 15) is 4.79 Å². The Morgan fingerprint density at radius 1 is 1.28 bits per heavy atom. The molecule has 3 rings (SSSR count). The van der Waals surface area contributed by atoms with Gasteiger partial charge >= 0.3 is 5.97 Å². The standard InChI is InChI=1S/C16H14O2/c1-10(2)13-9-15(17)18-14-8-7-11-5-3-4-6-12(11)16(13)14/h3-8,13H,1,9H2,2H3. The largest absolute Gasteiger partial charge is 0.426 e. The minimum Gasteiger partial charge on any atom is -0.426 e. The SMILES string of the molecule is C=C(C)C1CC(=O)Oc2ccc3ccccc3c21. The van der Waals surface area contributed by atoms with Gasteiger partial charge in [-0.1, -0.05) is 42.5 Å². The third kappa shape index (κ3) is 1.61. The first-order valence-corrected chi connectivity index (χ1v) is 6.04. The molecule has 2 aromatic rings. The fourth-order valence-electron chi connectivity index (χ4n) is 2.58. The molecule has 0 spiro atoms. The summed E-state index contributed by atoms with van der Waals surface area (Å²) in [5.74, 6) is 0.566. The van der Waals surface area contributed by atoms with Crippen molar-refractivity contribution in [2.75, 3.05) is 0 Å². The number of hydrogen-bond acceptors (Lipinski definition) is 2. The molecule has 0 radical (unpaired) electrons. The second kappa shape index (κ2) is 3.98. The van der Waals surface area contributed by atoms with Crippen molar-refractivity contribution in [3.05, 3.63) is 54.1 Å². The Hall–Kier alpha value is -2.09. The van der Waals surface area contributed by atoms with Crippen LogP contribution in [-0.2, 0) is 4.79 Å². The highest BCUT2D eigenvalue weighted by Gasteiger charge is 2.29. The van der Waals surface area contributed by atoms with E-state index in [0.29, 0.717) is 12.2 Å². The van der Waals surface area contributed by atoms with Crippen LogP contribution >= 0.6 is 0 Å². The lowest BCUT2D eigenvalue weighted by atomic mass is 9.84. The van der Waals surface area contributed by atoms with Crippen LogP contribution in [0.2, 0.25) is 0 Å². The number of hydrogen-bond donors (Lipinski definition) is 0. The number of fused-ring (bicyclic) bond motifs is 3. The summed E-state index contributed by atoms with van der Waals surface area (Å²) < 4.78 is 5.34. The van der Waals surface area contributed by atoms with E-state index >= 15 is 0 Å². The van der Waals surface area contributed by atoms with Gasteiger partial charge in [0, 0.05) is 11.5 Å². The molecule has 1 aliphatic rings. The Morgan fingerprint density at radius 3 is 2.83 bits per heavy atom. The van der Waals surface area contributed by atoms with Gasteiger partial charge in [-0.25, -0.2) is 0 Å². The average molecular weight is 238 g/mol. The van der Waals surface area contributed by atoms with Gasteiger partial charge in [0.05, 0.1) is 6.42 Å². The van der Waals surface area contributed by atoms with Gasteiger partial charge in [0.15, 0.2) is 0 Å². The molecule has 0 aliphatic carbocycles. The molecule has 1 atom stereocenters. The van der Waals surface area contributed by atoms with Crippen molar-refractivity contribution in [2.45, 2.75) is 19.3 Å². The highest BCUT2D eigenvalue weighted by molar-refractivity contribution is 5.92. The topological polar surface area (TPSA) is 26.3 Å². The summed E-state index contributed by atoms with van der Waals surface area (Å²) in [5.41, 5.74) is 2.10. The van der Waals surface area contributed by atoms with Crippen LogP contribution < -0.4 is 4.74 Å². The predicted octanol–water partition coefficient (Wildman–Crippen LogP) is 3.81. The molecule has 2 nitrogen and oxygen atoms in total. The summed E-state index contributed by atoms with van der Waals surface area (Å²) in [5, 5.41) is 2.32. The third-order valence-electron chi connectivity index (χ3n) is 3.47. The highest BCUT2D eigenvalue weighted by atomic mass is 16.5. The van der Waals surface area contributed by atoms with Gasteiger partial charge in [-0.05, 0) is 23.8 Å². The number of esters is 1. The Morgan fingerprint density at radius 2 is 2.06 bits per heavy atom. The molecule has 2 aromatic carbocycles. The summed E-state index contributed by atoms with van der Waals surface area (Å²) in [6.45, 7) is 5.98. The van der Waals surface area contributed by atoms with Crippen LogP contribution in [0.5, 0.6) is 5.75 Å². The first kappa shape index (κ1) is 11.0. The molecule has 0 saturated carbocycles. The van der Waals surface area contributed by atoms with Gasteiger partial charge in [-0.2, -0.15) is 0 Å². The van der Waals surface area contributed by atoms with Crippen LogP contribution in [0.3, 0.4) is 0 Å². The summed E-state index contributed by atoms with van der Waals surface area (Å²) >= 11 is 0. The van der Waals surface area contributed by atoms with E-state index in [1.807, 2.05) is 31.2 Å².